The zero-order valence-electron chi connectivity index (χ0n) is 10.4. The molecular formula is C12H10F2N2O4. The van der Waals surface area contributed by atoms with Crippen LogP contribution in [0.1, 0.15) is 6.92 Å². The van der Waals surface area contributed by atoms with Gasteiger partial charge in [-0.05, 0) is 12.1 Å². The van der Waals surface area contributed by atoms with Crippen LogP contribution in [0.15, 0.2) is 18.2 Å². The summed E-state index contributed by atoms with van der Waals surface area (Å²) in [6.45, 7) is 1.83. The molecule has 0 aromatic heterocycles. The molecule has 1 atom stereocenters. The van der Waals surface area contributed by atoms with Crippen LogP contribution in [0.2, 0.25) is 0 Å². The van der Waals surface area contributed by atoms with E-state index in [4.69, 9.17) is 0 Å². The third-order valence-corrected chi connectivity index (χ3v) is 3.08. The van der Waals surface area contributed by atoms with Crippen LogP contribution in [0.25, 0.3) is 0 Å². The number of rotatable bonds is 1. The Bertz CT molecular complexity index is 605. The number of carbonyl (C=O) groups excluding carboxylic acids is 2. The molecule has 0 bridgehead atoms. The fourth-order valence-electron chi connectivity index (χ4n) is 2.06. The fourth-order valence-corrected chi connectivity index (χ4v) is 2.06. The van der Waals surface area contributed by atoms with Crippen LogP contribution in [0.3, 0.4) is 0 Å². The molecule has 2 aliphatic rings. The van der Waals surface area contributed by atoms with Crippen molar-refractivity contribution in [3.05, 3.63) is 18.2 Å². The molecule has 0 radical (unpaired) electrons. The number of ether oxygens (including phenoxy) is 2. The summed E-state index contributed by atoms with van der Waals surface area (Å²) in [5.41, 5.74) is 0.349. The number of alkyl halides is 2. The number of anilines is 1. The van der Waals surface area contributed by atoms with Crippen LogP contribution in [0.4, 0.5) is 19.3 Å². The number of amides is 3. The van der Waals surface area contributed by atoms with E-state index in [0.29, 0.717) is 5.69 Å². The van der Waals surface area contributed by atoms with Crippen LogP contribution in [-0.2, 0) is 4.79 Å². The molecule has 8 heteroatoms. The molecule has 3 amide bonds. The van der Waals surface area contributed by atoms with Crippen molar-refractivity contribution in [1.29, 1.82) is 0 Å². The minimum Gasteiger partial charge on any atom is -0.395 e. The molecular weight excluding hydrogens is 274 g/mol. The van der Waals surface area contributed by atoms with Gasteiger partial charge in [0.2, 0.25) is 5.91 Å². The number of fused-ring (bicyclic) bond motifs is 1. The van der Waals surface area contributed by atoms with Gasteiger partial charge in [0.05, 0.1) is 5.92 Å². The summed E-state index contributed by atoms with van der Waals surface area (Å²) < 4.78 is 34.4. The summed E-state index contributed by atoms with van der Waals surface area (Å²) >= 11 is 0. The lowest BCUT2D eigenvalue weighted by Gasteiger charge is -2.30. The first-order chi connectivity index (χ1) is 9.35. The number of benzene rings is 1. The highest BCUT2D eigenvalue weighted by Gasteiger charge is 2.44. The summed E-state index contributed by atoms with van der Waals surface area (Å²) in [7, 11) is 0. The van der Waals surface area contributed by atoms with Crippen LogP contribution < -0.4 is 19.7 Å². The Labute approximate surface area is 112 Å². The zero-order valence-corrected chi connectivity index (χ0v) is 10.4. The normalized spacial score (nSPS) is 23.8. The zero-order chi connectivity index (χ0) is 14.5. The number of urea groups is 1. The van der Waals surface area contributed by atoms with Gasteiger partial charge in [0.15, 0.2) is 11.5 Å². The Morgan fingerprint density at radius 1 is 1.30 bits per heavy atom. The molecule has 2 aliphatic heterocycles. The van der Waals surface area contributed by atoms with E-state index in [0.717, 1.165) is 0 Å². The first-order valence-electron chi connectivity index (χ1n) is 5.88. The first-order valence-corrected chi connectivity index (χ1v) is 5.88. The van der Waals surface area contributed by atoms with Crippen molar-refractivity contribution < 1.29 is 27.8 Å². The van der Waals surface area contributed by atoms with E-state index in [1.807, 2.05) is 0 Å². The summed E-state index contributed by atoms with van der Waals surface area (Å²) in [6, 6.07) is 3.42. The molecule has 1 aromatic rings. The number of hydrogen-bond acceptors (Lipinski definition) is 4. The van der Waals surface area contributed by atoms with Crippen molar-refractivity contribution in [3.8, 4) is 11.5 Å². The summed E-state index contributed by atoms with van der Waals surface area (Å²) in [5, 5.41) is 2.19. The highest BCUT2D eigenvalue weighted by Crippen LogP contribution is 2.43. The van der Waals surface area contributed by atoms with Gasteiger partial charge in [-0.2, -0.15) is 0 Å². The molecule has 0 spiro atoms. The largest absolute Gasteiger partial charge is 0.586 e. The average molecular weight is 284 g/mol. The van der Waals surface area contributed by atoms with Gasteiger partial charge in [-0.15, -0.1) is 8.78 Å². The molecule has 1 saturated heterocycles. The van der Waals surface area contributed by atoms with E-state index >= 15 is 0 Å². The van der Waals surface area contributed by atoms with Gasteiger partial charge in [-0.25, -0.2) is 4.79 Å². The standard InChI is InChI=1S/C12H10F2N2O4/c1-6-5-16(11(18)15-10(6)17)7-2-3-8-9(4-7)20-12(13,14)19-8/h2-4,6H,5H2,1H3,(H,15,17,18). The summed E-state index contributed by atoms with van der Waals surface area (Å²) in [6.07, 6.45) is -3.70. The van der Waals surface area contributed by atoms with Crippen molar-refractivity contribution in [3.63, 3.8) is 0 Å². The van der Waals surface area contributed by atoms with Gasteiger partial charge < -0.3 is 9.47 Å². The van der Waals surface area contributed by atoms with Gasteiger partial charge in [0, 0.05) is 18.3 Å². The minimum atomic E-state index is -3.70. The molecule has 1 unspecified atom stereocenters. The third kappa shape index (κ3) is 2.02. The number of hydrogen-bond donors (Lipinski definition) is 1. The molecule has 106 valence electrons. The van der Waals surface area contributed by atoms with E-state index in [-0.39, 0.29) is 29.9 Å². The molecule has 6 nitrogen and oxygen atoms in total. The molecule has 1 fully saturated rings. The predicted molar refractivity (Wildman–Crippen MR) is 62.7 cm³/mol. The number of imide groups is 1. The second-order valence-electron chi connectivity index (χ2n) is 4.60. The fraction of sp³-hybridized carbons (Fsp3) is 0.333. The highest BCUT2D eigenvalue weighted by atomic mass is 19.3. The van der Waals surface area contributed by atoms with Crippen LogP contribution in [0, 0.1) is 5.92 Å². The van der Waals surface area contributed by atoms with Crippen LogP contribution in [0.5, 0.6) is 11.5 Å². The van der Waals surface area contributed by atoms with Crippen molar-refractivity contribution in [1.82, 2.24) is 5.32 Å². The van der Waals surface area contributed by atoms with Gasteiger partial charge in [-0.1, -0.05) is 6.92 Å². The van der Waals surface area contributed by atoms with Gasteiger partial charge in [0.1, 0.15) is 0 Å². The lowest BCUT2D eigenvalue weighted by molar-refractivity contribution is -0.286. The van der Waals surface area contributed by atoms with E-state index in [1.165, 1.54) is 23.1 Å². The maximum absolute atomic E-state index is 12.9. The van der Waals surface area contributed by atoms with E-state index < -0.39 is 12.3 Å². The topological polar surface area (TPSA) is 67.9 Å². The summed E-state index contributed by atoms with van der Waals surface area (Å²) in [5.74, 6) is -0.997. The van der Waals surface area contributed by atoms with Gasteiger partial charge in [0.25, 0.3) is 0 Å². The number of nitrogens with zero attached hydrogens (tertiary/aromatic N) is 1. The molecule has 2 heterocycles. The van der Waals surface area contributed by atoms with Gasteiger partial charge >= 0.3 is 12.3 Å². The maximum Gasteiger partial charge on any atom is 0.586 e. The quantitative estimate of drug-likeness (QED) is 0.852. The molecule has 1 N–H and O–H groups in total. The molecule has 20 heavy (non-hydrogen) atoms. The first kappa shape index (κ1) is 12.6. The molecule has 0 saturated carbocycles. The van der Waals surface area contributed by atoms with Crippen molar-refractivity contribution in [2.24, 2.45) is 5.92 Å². The van der Waals surface area contributed by atoms with Crippen molar-refractivity contribution in [2.45, 2.75) is 13.2 Å². The SMILES string of the molecule is CC1CN(c2ccc3c(c2)OC(F)(F)O3)C(=O)NC1=O. The Kier molecular flexibility index (Phi) is 2.56. The number of carbonyl (C=O) groups is 2. The molecule has 1 aromatic carbocycles. The maximum atomic E-state index is 12.9. The van der Waals surface area contributed by atoms with E-state index in [1.54, 1.807) is 6.92 Å². The van der Waals surface area contributed by atoms with E-state index in [2.05, 4.69) is 14.8 Å². The Hall–Kier alpha value is -2.38. The monoisotopic (exact) mass is 284 g/mol. The second-order valence-corrected chi connectivity index (χ2v) is 4.60. The van der Waals surface area contributed by atoms with Crippen molar-refractivity contribution >= 4 is 17.6 Å². The second kappa shape index (κ2) is 4.06. The smallest absolute Gasteiger partial charge is 0.395 e. The lowest BCUT2D eigenvalue weighted by Crippen LogP contribution is -2.53. The highest BCUT2D eigenvalue weighted by molar-refractivity contribution is 6.06. The average Bonchev–Trinajstić information content (AvgIpc) is 2.66. The summed E-state index contributed by atoms with van der Waals surface area (Å²) in [4.78, 5) is 24.4. The van der Waals surface area contributed by atoms with Crippen molar-refractivity contribution in [2.75, 3.05) is 11.4 Å². The molecule has 0 aliphatic carbocycles. The Balaban J connectivity index is 1.89. The Morgan fingerprint density at radius 2 is 2.00 bits per heavy atom. The van der Waals surface area contributed by atoms with Crippen LogP contribution in [-0.4, -0.2) is 24.8 Å². The Morgan fingerprint density at radius 3 is 2.75 bits per heavy atom. The minimum absolute atomic E-state index is 0.0970. The van der Waals surface area contributed by atoms with Crippen LogP contribution >= 0.6 is 0 Å². The predicted octanol–water partition coefficient (Wildman–Crippen LogP) is 1.70. The molecule has 3 rings (SSSR count). The van der Waals surface area contributed by atoms with E-state index in [9.17, 15) is 18.4 Å². The third-order valence-electron chi connectivity index (χ3n) is 3.08. The van der Waals surface area contributed by atoms with Gasteiger partial charge in [-0.3, -0.25) is 15.0 Å². The number of nitrogens with one attached hydrogen (secondary N) is 1. The number of halogens is 2. The lowest BCUT2D eigenvalue weighted by atomic mass is 10.1.